The highest BCUT2D eigenvalue weighted by molar-refractivity contribution is 7.99. The van der Waals surface area contributed by atoms with Crippen LogP contribution in [0.1, 0.15) is 0 Å². The van der Waals surface area contributed by atoms with Gasteiger partial charge in [0.15, 0.2) is 5.16 Å². The summed E-state index contributed by atoms with van der Waals surface area (Å²) >= 11 is 7.88. The summed E-state index contributed by atoms with van der Waals surface area (Å²) in [6, 6.07) is 11.1. The number of hydrogen-bond acceptors (Lipinski definition) is 6. The summed E-state index contributed by atoms with van der Waals surface area (Å²) in [5, 5.41) is 8.18. The minimum Gasteiger partial charge on any atom is -0.340 e. The van der Waals surface area contributed by atoms with Crippen LogP contribution in [0.4, 0.5) is 17.2 Å². The van der Waals surface area contributed by atoms with Gasteiger partial charge in [0, 0.05) is 34.1 Å². The molecule has 2 aromatic carbocycles. The van der Waals surface area contributed by atoms with Gasteiger partial charge in [-0.3, -0.25) is 4.79 Å². The quantitative estimate of drug-likeness (QED) is 0.377. The van der Waals surface area contributed by atoms with E-state index in [2.05, 4.69) is 37.1 Å². The third kappa shape index (κ3) is 4.39. The van der Waals surface area contributed by atoms with Crippen molar-refractivity contribution in [2.45, 2.75) is 10.1 Å². The van der Waals surface area contributed by atoms with Gasteiger partial charge in [0.05, 0.1) is 10.5 Å². The van der Waals surface area contributed by atoms with Gasteiger partial charge >= 0.3 is 0 Å². The number of carbonyl (C=O) groups excluding carboxylic acids is 1. The zero-order valence-electron chi connectivity index (χ0n) is 15.0. The van der Waals surface area contributed by atoms with Gasteiger partial charge in [-0.05, 0) is 42.5 Å². The molecule has 0 radical (unpaired) electrons. The Morgan fingerprint density at radius 2 is 2.00 bits per heavy atom. The Kier molecular flexibility index (Phi) is 5.46. The summed E-state index contributed by atoms with van der Waals surface area (Å²) < 4.78 is 0. The topological polar surface area (TPSA) is 95.6 Å². The van der Waals surface area contributed by atoms with Gasteiger partial charge < -0.3 is 15.6 Å². The average Bonchev–Trinajstić information content (AvgIpc) is 3.23. The lowest BCUT2D eigenvalue weighted by molar-refractivity contribution is -0.111. The van der Waals surface area contributed by atoms with Crippen LogP contribution >= 0.6 is 23.4 Å². The van der Waals surface area contributed by atoms with E-state index in [1.807, 2.05) is 24.3 Å². The number of carbonyl (C=O) groups is 1. The number of hydrogen-bond donors (Lipinski definition) is 3. The van der Waals surface area contributed by atoms with Crippen molar-refractivity contribution in [3.8, 4) is 0 Å². The van der Waals surface area contributed by atoms with Crippen molar-refractivity contribution in [1.29, 1.82) is 0 Å². The number of imidazole rings is 1. The molecule has 0 bridgehead atoms. The predicted octanol–water partition coefficient (Wildman–Crippen LogP) is 5.03. The molecule has 0 spiro atoms. The molecule has 4 aromatic rings. The molecule has 1 amide bonds. The first-order valence-corrected chi connectivity index (χ1v) is 9.74. The zero-order chi connectivity index (χ0) is 20.2. The second-order valence-electron chi connectivity index (χ2n) is 5.91. The number of nitrogens with zero attached hydrogens (tertiary/aromatic N) is 3. The Balaban J connectivity index is 1.58. The average molecular weight is 423 g/mol. The van der Waals surface area contributed by atoms with Crippen LogP contribution in [-0.4, -0.2) is 25.8 Å². The van der Waals surface area contributed by atoms with E-state index in [4.69, 9.17) is 11.6 Å². The van der Waals surface area contributed by atoms with Crippen LogP contribution in [0.3, 0.4) is 0 Å². The standard InChI is InChI=1S/C20H15ClN6OS/c1-2-18(28)26-13-3-5-14-16(10-13)24-11-25-19(14)27-12-4-6-17(15(21)9-12)29-20-22-7-8-23-20/h2-11H,1H2,(H,22,23)(H,26,28)(H,24,25,27). The monoisotopic (exact) mass is 422 g/mol. The lowest BCUT2D eigenvalue weighted by Crippen LogP contribution is -2.07. The molecule has 144 valence electrons. The Morgan fingerprint density at radius 3 is 2.76 bits per heavy atom. The van der Waals surface area contributed by atoms with Crippen LogP contribution < -0.4 is 10.6 Å². The van der Waals surface area contributed by atoms with E-state index in [9.17, 15) is 4.79 Å². The number of nitrogens with one attached hydrogen (secondary N) is 3. The maximum absolute atomic E-state index is 11.5. The molecule has 0 saturated carbocycles. The minimum absolute atomic E-state index is 0.279. The SMILES string of the molecule is C=CC(=O)Nc1ccc2c(Nc3ccc(Sc4ncc[nH]4)c(Cl)c3)ncnc2c1. The third-order valence-corrected chi connectivity index (χ3v) is 5.38. The van der Waals surface area contributed by atoms with Crippen LogP contribution in [-0.2, 0) is 4.79 Å². The van der Waals surface area contributed by atoms with E-state index in [0.29, 0.717) is 22.0 Å². The Labute approximate surface area is 175 Å². The summed E-state index contributed by atoms with van der Waals surface area (Å²) in [6.45, 7) is 3.45. The van der Waals surface area contributed by atoms with Gasteiger partial charge in [-0.15, -0.1) is 0 Å². The van der Waals surface area contributed by atoms with Crippen molar-refractivity contribution in [2.24, 2.45) is 0 Å². The number of anilines is 3. The fraction of sp³-hybridized carbons (Fsp3) is 0. The number of H-pyrrole nitrogens is 1. The van der Waals surface area contributed by atoms with Crippen molar-refractivity contribution in [3.63, 3.8) is 0 Å². The first-order chi connectivity index (χ1) is 14.1. The van der Waals surface area contributed by atoms with Crippen molar-refractivity contribution in [1.82, 2.24) is 19.9 Å². The summed E-state index contributed by atoms with van der Waals surface area (Å²) in [5.74, 6) is 0.359. The Morgan fingerprint density at radius 1 is 1.14 bits per heavy atom. The molecule has 7 nitrogen and oxygen atoms in total. The maximum atomic E-state index is 11.5. The van der Waals surface area contributed by atoms with Gasteiger partial charge in [0.25, 0.3) is 0 Å². The first-order valence-electron chi connectivity index (χ1n) is 8.54. The number of rotatable bonds is 6. The van der Waals surface area contributed by atoms with E-state index in [1.54, 1.807) is 24.5 Å². The second-order valence-corrected chi connectivity index (χ2v) is 7.35. The molecular formula is C20H15ClN6OS. The second kappa shape index (κ2) is 8.34. The summed E-state index contributed by atoms with van der Waals surface area (Å²) in [5.41, 5.74) is 2.12. The molecule has 9 heteroatoms. The predicted molar refractivity (Wildman–Crippen MR) is 116 cm³/mol. The van der Waals surface area contributed by atoms with Crippen molar-refractivity contribution in [3.05, 3.63) is 72.8 Å². The number of aromatic nitrogens is 4. The number of amides is 1. The first kappa shape index (κ1) is 19.0. The van der Waals surface area contributed by atoms with Crippen molar-refractivity contribution in [2.75, 3.05) is 10.6 Å². The maximum Gasteiger partial charge on any atom is 0.247 e. The lowest BCUT2D eigenvalue weighted by atomic mass is 10.2. The fourth-order valence-corrected chi connectivity index (χ4v) is 3.67. The molecule has 0 unspecified atom stereocenters. The number of fused-ring (bicyclic) bond motifs is 1. The molecule has 29 heavy (non-hydrogen) atoms. The Bertz CT molecular complexity index is 1200. The summed E-state index contributed by atoms with van der Waals surface area (Å²) in [4.78, 5) is 28.2. The number of benzene rings is 2. The van der Waals surface area contributed by atoms with Crippen molar-refractivity contribution < 1.29 is 4.79 Å². The fourth-order valence-electron chi connectivity index (χ4n) is 2.64. The highest BCUT2D eigenvalue weighted by Crippen LogP contribution is 2.34. The lowest BCUT2D eigenvalue weighted by Gasteiger charge is -2.11. The van der Waals surface area contributed by atoms with E-state index in [0.717, 1.165) is 21.1 Å². The molecule has 0 aliphatic heterocycles. The van der Waals surface area contributed by atoms with Gasteiger partial charge in [-0.25, -0.2) is 15.0 Å². The smallest absolute Gasteiger partial charge is 0.247 e. The molecule has 3 N–H and O–H groups in total. The molecule has 0 atom stereocenters. The molecule has 2 aromatic heterocycles. The van der Waals surface area contributed by atoms with Gasteiger partial charge in [-0.1, -0.05) is 29.9 Å². The van der Waals surface area contributed by atoms with Gasteiger partial charge in [0.2, 0.25) is 5.91 Å². The van der Waals surface area contributed by atoms with Crippen LogP contribution in [0.5, 0.6) is 0 Å². The normalized spacial score (nSPS) is 10.7. The van der Waals surface area contributed by atoms with E-state index < -0.39 is 0 Å². The van der Waals surface area contributed by atoms with Crippen LogP contribution in [0.2, 0.25) is 5.02 Å². The van der Waals surface area contributed by atoms with Gasteiger partial charge in [0.1, 0.15) is 12.1 Å². The summed E-state index contributed by atoms with van der Waals surface area (Å²) in [7, 11) is 0. The Hall–Kier alpha value is -3.36. The minimum atomic E-state index is -0.279. The van der Waals surface area contributed by atoms with E-state index >= 15 is 0 Å². The van der Waals surface area contributed by atoms with Crippen LogP contribution in [0, 0.1) is 0 Å². The van der Waals surface area contributed by atoms with Crippen LogP contribution in [0.25, 0.3) is 10.9 Å². The molecule has 0 aliphatic carbocycles. The van der Waals surface area contributed by atoms with E-state index in [1.165, 1.54) is 24.2 Å². The zero-order valence-corrected chi connectivity index (χ0v) is 16.6. The highest BCUT2D eigenvalue weighted by Gasteiger charge is 2.09. The third-order valence-electron chi connectivity index (χ3n) is 3.96. The molecule has 2 heterocycles. The van der Waals surface area contributed by atoms with Crippen LogP contribution in [0.15, 0.2) is 77.8 Å². The summed E-state index contributed by atoms with van der Waals surface area (Å²) in [6.07, 6.45) is 6.14. The number of halogens is 1. The molecule has 0 fully saturated rings. The molecule has 0 saturated heterocycles. The largest absolute Gasteiger partial charge is 0.340 e. The molecular weight excluding hydrogens is 408 g/mol. The molecule has 4 rings (SSSR count). The number of aromatic amines is 1. The van der Waals surface area contributed by atoms with Gasteiger partial charge in [-0.2, -0.15) is 0 Å². The van der Waals surface area contributed by atoms with E-state index in [-0.39, 0.29) is 5.91 Å². The molecule has 0 aliphatic rings. The highest BCUT2D eigenvalue weighted by atomic mass is 35.5. The van der Waals surface area contributed by atoms with Crippen molar-refractivity contribution >= 4 is 57.4 Å².